The minimum atomic E-state index is 0.401. The molecule has 1 aliphatic rings. The molecule has 1 saturated carbocycles. The quantitative estimate of drug-likeness (QED) is 0.752. The number of hydrogen-bond acceptors (Lipinski definition) is 2. The molecule has 1 aliphatic carbocycles. The van der Waals surface area contributed by atoms with Crippen LogP contribution in [0.3, 0.4) is 0 Å². The van der Waals surface area contributed by atoms with Gasteiger partial charge >= 0.3 is 0 Å². The molecule has 2 heteroatoms. The van der Waals surface area contributed by atoms with Crippen LogP contribution in [0, 0.1) is 11.8 Å². The highest BCUT2D eigenvalue weighted by molar-refractivity contribution is 4.80. The second-order valence-corrected chi connectivity index (χ2v) is 5.54. The summed E-state index contributed by atoms with van der Waals surface area (Å²) in [6.45, 7) is 4.55. The number of ether oxygens (including phenoxy) is 1. The molecule has 2 atom stereocenters. The minimum absolute atomic E-state index is 0.401. The van der Waals surface area contributed by atoms with Crippen molar-refractivity contribution in [2.24, 2.45) is 11.8 Å². The first-order valence-corrected chi connectivity index (χ1v) is 6.87. The van der Waals surface area contributed by atoms with Crippen molar-refractivity contribution in [3.8, 4) is 0 Å². The van der Waals surface area contributed by atoms with Crippen molar-refractivity contribution in [2.75, 3.05) is 14.2 Å². The molecule has 0 amide bonds. The van der Waals surface area contributed by atoms with Gasteiger partial charge in [-0.1, -0.05) is 19.8 Å². The second-order valence-electron chi connectivity index (χ2n) is 5.54. The van der Waals surface area contributed by atoms with Crippen molar-refractivity contribution in [1.82, 2.24) is 5.32 Å². The van der Waals surface area contributed by atoms with Crippen LogP contribution >= 0.6 is 0 Å². The summed E-state index contributed by atoms with van der Waals surface area (Å²) in [5, 5.41) is 3.51. The summed E-state index contributed by atoms with van der Waals surface area (Å²) < 4.78 is 5.32. The van der Waals surface area contributed by atoms with E-state index in [0.29, 0.717) is 12.1 Å². The molecule has 0 bridgehead atoms. The highest BCUT2D eigenvalue weighted by Crippen LogP contribution is 2.31. The van der Waals surface area contributed by atoms with Gasteiger partial charge in [0.2, 0.25) is 0 Å². The van der Waals surface area contributed by atoms with Crippen molar-refractivity contribution in [3.63, 3.8) is 0 Å². The Morgan fingerprint density at radius 3 is 2.31 bits per heavy atom. The fourth-order valence-electron chi connectivity index (χ4n) is 2.84. The summed E-state index contributed by atoms with van der Waals surface area (Å²) in [6, 6.07) is 0.699. The van der Waals surface area contributed by atoms with Gasteiger partial charge in [0.1, 0.15) is 0 Å². The zero-order valence-electron chi connectivity index (χ0n) is 11.5. The molecule has 0 radical (unpaired) electrons. The van der Waals surface area contributed by atoms with Crippen LogP contribution in [0.15, 0.2) is 0 Å². The Hall–Kier alpha value is -0.0800. The molecule has 0 aromatic heterocycles. The predicted octanol–water partition coefficient (Wildman–Crippen LogP) is 3.22. The number of nitrogens with one attached hydrogen (secondary N) is 1. The Bertz CT molecular complexity index is 176. The minimum Gasteiger partial charge on any atom is -0.382 e. The van der Waals surface area contributed by atoms with Crippen LogP contribution in [-0.2, 0) is 4.74 Å². The Labute approximate surface area is 101 Å². The van der Waals surface area contributed by atoms with Gasteiger partial charge in [0.25, 0.3) is 0 Å². The molecule has 0 heterocycles. The summed E-state index contributed by atoms with van der Waals surface area (Å²) in [4.78, 5) is 0. The van der Waals surface area contributed by atoms with Crippen LogP contribution in [0.25, 0.3) is 0 Å². The number of rotatable bonds is 6. The summed E-state index contributed by atoms with van der Waals surface area (Å²) in [7, 11) is 3.92. The first-order chi connectivity index (χ1) is 7.67. The lowest BCUT2D eigenvalue weighted by Crippen LogP contribution is -2.36. The predicted molar refractivity (Wildman–Crippen MR) is 69.7 cm³/mol. The normalized spacial score (nSPS) is 30.0. The van der Waals surface area contributed by atoms with Crippen molar-refractivity contribution in [3.05, 3.63) is 0 Å². The van der Waals surface area contributed by atoms with Gasteiger partial charge in [-0.15, -0.1) is 0 Å². The first kappa shape index (κ1) is 14.0. The molecular formula is C14H29NO. The number of hydrogen-bond donors (Lipinski definition) is 1. The third-order valence-corrected chi connectivity index (χ3v) is 4.29. The standard InChI is InChI=1S/C14H29NO/c1-11-5-8-13(9-6-11)14(15-3)10-7-12(2)16-4/h11-15H,5-10H2,1-4H3. The fraction of sp³-hybridized carbons (Fsp3) is 1.00. The van der Waals surface area contributed by atoms with E-state index in [4.69, 9.17) is 4.74 Å². The molecule has 1 fully saturated rings. The van der Waals surface area contributed by atoms with E-state index in [2.05, 4.69) is 26.2 Å². The molecule has 0 saturated heterocycles. The van der Waals surface area contributed by atoms with Crippen LogP contribution in [-0.4, -0.2) is 26.3 Å². The zero-order chi connectivity index (χ0) is 12.0. The average molecular weight is 227 g/mol. The molecule has 1 rings (SSSR count). The SMILES string of the molecule is CNC(CCC(C)OC)C1CCC(C)CC1. The van der Waals surface area contributed by atoms with E-state index in [9.17, 15) is 0 Å². The van der Waals surface area contributed by atoms with Crippen molar-refractivity contribution >= 4 is 0 Å². The van der Waals surface area contributed by atoms with E-state index in [1.54, 1.807) is 7.11 Å². The summed E-state index contributed by atoms with van der Waals surface area (Å²) in [5.41, 5.74) is 0. The van der Waals surface area contributed by atoms with Gasteiger partial charge in [-0.05, 0) is 51.5 Å². The molecular weight excluding hydrogens is 198 g/mol. The third-order valence-electron chi connectivity index (χ3n) is 4.29. The van der Waals surface area contributed by atoms with Crippen molar-refractivity contribution in [1.29, 1.82) is 0 Å². The van der Waals surface area contributed by atoms with Crippen molar-refractivity contribution in [2.45, 2.75) is 64.5 Å². The van der Waals surface area contributed by atoms with Gasteiger partial charge in [0.05, 0.1) is 6.10 Å². The zero-order valence-corrected chi connectivity index (χ0v) is 11.5. The maximum absolute atomic E-state index is 5.32. The Balaban J connectivity index is 2.30. The molecule has 2 unspecified atom stereocenters. The lowest BCUT2D eigenvalue weighted by atomic mass is 9.78. The molecule has 2 nitrogen and oxygen atoms in total. The molecule has 0 aromatic carbocycles. The highest BCUT2D eigenvalue weighted by atomic mass is 16.5. The first-order valence-electron chi connectivity index (χ1n) is 6.87. The van der Waals surface area contributed by atoms with E-state index in [-0.39, 0.29) is 0 Å². The van der Waals surface area contributed by atoms with Gasteiger partial charge in [0.15, 0.2) is 0 Å². The van der Waals surface area contributed by atoms with E-state index in [1.807, 2.05) is 0 Å². The molecule has 16 heavy (non-hydrogen) atoms. The summed E-state index contributed by atoms with van der Waals surface area (Å²) >= 11 is 0. The highest BCUT2D eigenvalue weighted by Gasteiger charge is 2.25. The summed E-state index contributed by atoms with van der Waals surface area (Å²) in [6.07, 6.45) is 8.49. The van der Waals surface area contributed by atoms with Gasteiger partial charge < -0.3 is 10.1 Å². The van der Waals surface area contributed by atoms with Gasteiger partial charge in [0, 0.05) is 13.2 Å². The van der Waals surface area contributed by atoms with Crippen LogP contribution in [0.2, 0.25) is 0 Å². The van der Waals surface area contributed by atoms with E-state index in [0.717, 1.165) is 11.8 Å². The molecule has 0 aromatic rings. The fourth-order valence-corrected chi connectivity index (χ4v) is 2.84. The Kier molecular flexibility index (Phi) is 6.37. The van der Waals surface area contributed by atoms with Crippen molar-refractivity contribution < 1.29 is 4.74 Å². The van der Waals surface area contributed by atoms with Gasteiger partial charge in [-0.3, -0.25) is 0 Å². The Morgan fingerprint density at radius 2 is 1.81 bits per heavy atom. The lowest BCUT2D eigenvalue weighted by molar-refractivity contribution is 0.101. The monoisotopic (exact) mass is 227 g/mol. The van der Waals surface area contributed by atoms with Gasteiger partial charge in [-0.25, -0.2) is 0 Å². The lowest BCUT2D eigenvalue weighted by Gasteiger charge is -2.33. The van der Waals surface area contributed by atoms with Crippen LogP contribution in [0.5, 0.6) is 0 Å². The molecule has 0 aliphatic heterocycles. The van der Waals surface area contributed by atoms with E-state index >= 15 is 0 Å². The summed E-state index contributed by atoms with van der Waals surface area (Å²) in [5.74, 6) is 1.84. The third kappa shape index (κ3) is 4.42. The topological polar surface area (TPSA) is 21.3 Å². The average Bonchev–Trinajstić information content (AvgIpc) is 2.31. The Morgan fingerprint density at radius 1 is 1.19 bits per heavy atom. The maximum Gasteiger partial charge on any atom is 0.0543 e. The van der Waals surface area contributed by atoms with Crippen LogP contribution < -0.4 is 5.32 Å². The van der Waals surface area contributed by atoms with E-state index in [1.165, 1.54) is 38.5 Å². The molecule has 0 spiro atoms. The maximum atomic E-state index is 5.32. The van der Waals surface area contributed by atoms with Gasteiger partial charge in [-0.2, -0.15) is 0 Å². The second kappa shape index (κ2) is 7.29. The van der Waals surface area contributed by atoms with Crippen LogP contribution in [0.4, 0.5) is 0 Å². The smallest absolute Gasteiger partial charge is 0.0543 e. The largest absolute Gasteiger partial charge is 0.382 e. The number of methoxy groups -OCH3 is 1. The molecule has 1 N–H and O–H groups in total. The van der Waals surface area contributed by atoms with E-state index < -0.39 is 0 Å². The molecule has 96 valence electrons. The van der Waals surface area contributed by atoms with Crippen LogP contribution in [0.1, 0.15) is 52.4 Å².